The van der Waals surface area contributed by atoms with Crippen LogP contribution in [0.15, 0.2) is 24.3 Å². The second-order valence-electron chi connectivity index (χ2n) is 5.90. The molecule has 0 aliphatic rings. The van der Waals surface area contributed by atoms with Gasteiger partial charge in [0.15, 0.2) is 0 Å². The largest absolute Gasteiger partial charge is 0.444 e. The van der Waals surface area contributed by atoms with Crippen molar-refractivity contribution < 1.29 is 9.53 Å². The first-order chi connectivity index (χ1) is 9.81. The van der Waals surface area contributed by atoms with Crippen LogP contribution in [0.5, 0.6) is 0 Å². The molecule has 1 aromatic carbocycles. The molecule has 0 fully saturated rings. The van der Waals surface area contributed by atoms with Crippen molar-refractivity contribution in [2.24, 2.45) is 0 Å². The maximum absolute atomic E-state index is 11.5. The fourth-order valence-electron chi connectivity index (χ4n) is 1.95. The highest BCUT2D eigenvalue weighted by molar-refractivity contribution is 6.30. The molecule has 0 heterocycles. The van der Waals surface area contributed by atoms with E-state index in [9.17, 15) is 4.79 Å². The van der Waals surface area contributed by atoms with Gasteiger partial charge in [0.1, 0.15) is 5.60 Å². The van der Waals surface area contributed by atoms with Crippen LogP contribution in [0.2, 0.25) is 5.02 Å². The minimum absolute atomic E-state index is 0.226. The molecule has 21 heavy (non-hydrogen) atoms. The first kappa shape index (κ1) is 17.8. The number of ether oxygens (including phenoxy) is 1. The van der Waals surface area contributed by atoms with Gasteiger partial charge in [-0.05, 0) is 44.9 Å². The van der Waals surface area contributed by atoms with Crippen LogP contribution in [0.25, 0.3) is 0 Å². The van der Waals surface area contributed by atoms with Crippen LogP contribution in [-0.4, -0.2) is 24.8 Å². The minimum Gasteiger partial charge on any atom is -0.444 e. The molecule has 2 N–H and O–H groups in total. The Morgan fingerprint density at radius 3 is 2.62 bits per heavy atom. The van der Waals surface area contributed by atoms with Crippen molar-refractivity contribution in [3.8, 4) is 0 Å². The summed E-state index contributed by atoms with van der Waals surface area (Å²) < 4.78 is 5.18. The van der Waals surface area contributed by atoms with E-state index in [1.165, 1.54) is 0 Å². The highest BCUT2D eigenvalue weighted by Crippen LogP contribution is 2.19. The maximum atomic E-state index is 11.5. The second kappa shape index (κ2) is 8.25. The van der Waals surface area contributed by atoms with Gasteiger partial charge in [-0.15, -0.1) is 0 Å². The van der Waals surface area contributed by atoms with Gasteiger partial charge in [0.05, 0.1) is 0 Å². The molecule has 0 aromatic heterocycles. The fraction of sp³-hybridized carbons (Fsp3) is 0.562. The van der Waals surface area contributed by atoms with E-state index in [2.05, 4.69) is 17.6 Å². The average molecular weight is 313 g/mol. The third-order valence-electron chi connectivity index (χ3n) is 2.84. The van der Waals surface area contributed by atoms with Crippen molar-refractivity contribution in [1.82, 2.24) is 10.6 Å². The second-order valence-corrected chi connectivity index (χ2v) is 6.34. The normalized spacial score (nSPS) is 12.8. The summed E-state index contributed by atoms with van der Waals surface area (Å²) in [6.45, 7) is 8.83. The number of rotatable bonds is 6. The lowest BCUT2D eigenvalue weighted by Crippen LogP contribution is -2.37. The van der Waals surface area contributed by atoms with Gasteiger partial charge >= 0.3 is 6.09 Å². The quantitative estimate of drug-likeness (QED) is 0.783. The van der Waals surface area contributed by atoms with Crippen molar-refractivity contribution in [3.63, 3.8) is 0 Å². The van der Waals surface area contributed by atoms with E-state index >= 15 is 0 Å². The van der Waals surface area contributed by atoms with E-state index in [-0.39, 0.29) is 12.1 Å². The number of hydrogen-bond acceptors (Lipinski definition) is 3. The average Bonchev–Trinajstić information content (AvgIpc) is 2.36. The lowest BCUT2D eigenvalue weighted by Gasteiger charge is -2.21. The van der Waals surface area contributed by atoms with E-state index in [0.29, 0.717) is 13.1 Å². The number of nitrogens with one attached hydrogen (secondary N) is 2. The Morgan fingerprint density at radius 1 is 1.33 bits per heavy atom. The monoisotopic (exact) mass is 312 g/mol. The Hall–Kier alpha value is -1.26. The number of hydrogen-bond donors (Lipinski definition) is 2. The van der Waals surface area contributed by atoms with E-state index in [1.54, 1.807) is 0 Å². The van der Waals surface area contributed by atoms with Gasteiger partial charge in [0.25, 0.3) is 0 Å². The van der Waals surface area contributed by atoms with Crippen molar-refractivity contribution >= 4 is 17.7 Å². The molecule has 1 atom stereocenters. The van der Waals surface area contributed by atoms with Crippen molar-refractivity contribution in [3.05, 3.63) is 34.9 Å². The number of carbonyl (C=O) groups is 1. The van der Waals surface area contributed by atoms with E-state index < -0.39 is 5.60 Å². The van der Waals surface area contributed by atoms with Gasteiger partial charge in [0.2, 0.25) is 0 Å². The molecule has 1 amide bonds. The third-order valence-corrected chi connectivity index (χ3v) is 3.08. The van der Waals surface area contributed by atoms with Crippen LogP contribution in [0.3, 0.4) is 0 Å². The fourth-order valence-corrected chi connectivity index (χ4v) is 2.15. The number of amides is 1. The molecule has 0 aliphatic carbocycles. The first-order valence-electron chi connectivity index (χ1n) is 7.27. The molecule has 0 aliphatic heterocycles. The predicted octanol–water partition coefficient (Wildman–Crippen LogP) is 3.91. The lowest BCUT2D eigenvalue weighted by molar-refractivity contribution is 0.0528. The number of alkyl carbamates (subject to hydrolysis) is 1. The molecule has 0 radical (unpaired) electrons. The lowest BCUT2D eigenvalue weighted by atomic mass is 10.0. The Kier molecular flexibility index (Phi) is 6.99. The van der Waals surface area contributed by atoms with Gasteiger partial charge < -0.3 is 15.4 Å². The Bertz CT molecular complexity index is 458. The van der Waals surface area contributed by atoms with Crippen molar-refractivity contribution in [2.45, 2.75) is 45.8 Å². The summed E-state index contributed by atoms with van der Waals surface area (Å²) in [6.07, 6.45) is 0.562. The molecule has 0 saturated carbocycles. The van der Waals surface area contributed by atoms with E-state index in [1.807, 2.05) is 45.0 Å². The van der Waals surface area contributed by atoms with Crippen LogP contribution in [0.1, 0.15) is 45.7 Å². The van der Waals surface area contributed by atoms with Gasteiger partial charge in [0, 0.05) is 24.2 Å². The molecule has 0 spiro atoms. The molecular weight excluding hydrogens is 288 g/mol. The first-order valence-corrected chi connectivity index (χ1v) is 7.65. The minimum atomic E-state index is -0.468. The summed E-state index contributed by atoms with van der Waals surface area (Å²) in [4.78, 5) is 11.5. The highest BCUT2D eigenvalue weighted by Gasteiger charge is 2.15. The van der Waals surface area contributed by atoms with Crippen molar-refractivity contribution in [1.29, 1.82) is 0 Å². The summed E-state index contributed by atoms with van der Waals surface area (Å²) in [6, 6.07) is 8.05. The zero-order valence-corrected chi connectivity index (χ0v) is 14.0. The summed E-state index contributed by atoms with van der Waals surface area (Å²) in [5.41, 5.74) is 0.687. The molecule has 4 nitrogen and oxygen atoms in total. The summed E-state index contributed by atoms with van der Waals surface area (Å²) >= 11 is 6.01. The summed E-state index contributed by atoms with van der Waals surface area (Å²) in [5, 5.41) is 6.87. The van der Waals surface area contributed by atoms with Crippen LogP contribution in [0.4, 0.5) is 4.79 Å². The van der Waals surface area contributed by atoms with E-state index in [0.717, 1.165) is 17.0 Å². The molecule has 1 aromatic rings. The van der Waals surface area contributed by atoms with Gasteiger partial charge in [-0.25, -0.2) is 4.79 Å². The zero-order valence-electron chi connectivity index (χ0n) is 13.2. The number of carbonyl (C=O) groups excluding carboxylic acids is 1. The van der Waals surface area contributed by atoms with Crippen LogP contribution >= 0.6 is 11.6 Å². The predicted molar refractivity (Wildman–Crippen MR) is 86.7 cm³/mol. The SMILES string of the molecule is CCC(NCCNC(=O)OC(C)(C)C)c1cccc(Cl)c1. The Morgan fingerprint density at radius 2 is 2.05 bits per heavy atom. The van der Waals surface area contributed by atoms with E-state index in [4.69, 9.17) is 16.3 Å². The summed E-state index contributed by atoms with van der Waals surface area (Å²) in [5.74, 6) is 0. The highest BCUT2D eigenvalue weighted by atomic mass is 35.5. The standard InChI is InChI=1S/C16H25ClN2O2/c1-5-14(12-7-6-8-13(17)11-12)18-9-10-19-15(20)21-16(2,3)4/h6-8,11,14,18H,5,9-10H2,1-4H3,(H,19,20). The number of halogens is 1. The van der Waals surface area contributed by atoms with Gasteiger partial charge in [-0.3, -0.25) is 0 Å². The van der Waals surface area contributed by atoms with Crippen molar-refractivity contribution in [2.75, 3.05) is 13.1 Å². The molecule has 0 bridgehead atoms. The zero-order chi connectivity index (χ0) is 15.9. The maximum Gasteiger partial charge on any atom is 0.407 e. The molecule has 1 rings (SSSR count). The van der Waals surface area contributed by atoms with Gasteiger partial charge in [-0.2, -0.15) is 0 Å². The Balaban J connectivity index is 2.35. The van der Waals surface area contributed by atoms with Crippen LogP contribution < -0.4 is 10.6 Å². The van der Waals surface area contributed by atoms with Crippen LogP contribution in [0, 0.1) is 0 Å². The van der Waals surface area contributed by atoms with Crippen LogP contribution in [-0.2, 0) is 4.74 Å². The van der Waals surface area contributed by atoms with Gasteiger partial charge in [-0.1, -0.05) is 30.7 Å². The third kappa shape index (κ3) is 7.34. The number of benzene rings is 1. The molecule has 1 unspecified atom stereocenters. The molecule has 118 valence electrons. The molecule has 0 saturated heterocycles. The summed E-state index contributed by atoms with van der Waals surface area (Å²) in [7, 11) is 0. The smallest absolute Gasteiger partial charge is 0.407 e. The molecule has 5 heteroatoms. The Labute approximate surface area is 132 Å². The topological polar surface area (TPSA) is 50.4 Å². The molecular formula is C16H25ClN2O2.